The first kappa shape index (κ1) is 14.5. The predicted molar refractivity (Wildman–Crippen MR) is 80.7 cm³/mol. The Morgan fingerprint density at radius 1 is 1.16 bits per heavy atom. The van der Waals surface area contributed by atoms with Gasteiger partial charge in [0.25, 0.3) is 0 Å². The van der Waals surface area contributed by atoms with E-state index in [0.717, 1.165) is 14.5 Å². The topological polar surface area (TPSA) is 35.2 Å². The van der Waals surface area contributed by atoms with Crippen LogP contribution < -0.4 is 10.5 Å². The number of hydrogen-bond donors (Lipinski definition) is 1. The molecular formula is C14H12Br2FNO. The van der Waals surface area contributed by atoms with E-state index in [1.54, 1.807) is 12.1 Å². The third-order valence-electron chi connectivity index (χ3n) is 2.63. The van der Waals surface area contributed by atoms with E-state index in [-0.39, 0.29) is 12.3 Å². The van der Waals surface area contributed by atoms with Crippen LogP contribution in [-0.4, -0.2) is 6.54 Å². The molecule has 0 amide bonds. The van der Waals surface area contributed by atoms with Crippen molar-refractivity contribution < 1.29 is 9.13 Å². The van der Waals surface area contributed by atoms with Crippen molar-refractivity contribution in [2.75, 3.05) is 6.54 Å². The summed E-state index contributed by atoms with van der Waals surface area (Å²) in [4.78, 5) is 0. The summed E-state index contributed by atoms with van der Waals surface area (Å²) in [6, 6.07) is 12.2. The maximum absolute atomic E-state index is 13.7. The molecule has 0 spiro atoms. The molecule has 2 aromatic rings. The van der Waals surface area contributed by atoms with Crippen LogP contribution in [0.2, 0.25) is 0 Å². The minimum Gasteiger partial charge on any atom is -0.481 e. The number of rotatable bonds is 4. The van der Waals surface area contributed by atoms with Gasteiger partial charge in [-0.25, -0.2) is 4.39 Å². The van der Waals surface area contributed by atoms with E-state index in [9.17, 15) is 4.39 Å². The molecule has 1 unspecified atom stereocenters. The molecule has 2 nitrogen and oxygen atoms in total. The summed E-state index contributed by atoms with van der Waals surface area (Å²) < 4.78 is 21.0. The predicted octanol–water partition coefficient (Wildman–Crippen LogP) is 4.43. The Kier molecular flexibility index (Phi) is 4.96. The first-order chi connectivity index (χ1) is 9.11. The lowest BCUT2D eigenvalue weighted by molar-refractivity contribution is 0.203. The Bertz CT molecular complexity index is 577. The van der Waals surface area contributed by atoms with Crippen molar-refractivity contribution in [1.29, 1.82) is 0 Å². The third-order valence-corrected chi connectivity index (χ3v) is 3.84. The fourth-order valence-corrected chi connectivity index (χ4v) is 2.58. The largest absolute Gasteiger partial charge is 0.481 e. The van der Waals surface area contributed by atoms with Crippen molar-refractivity contribution in [2.24, 2.45) is 5.73 Å². The lowest BCUT2D eigenvalue weighted by atomic mass is 10.1. The average Bonchev–Trinajstić information content (AvgIpc) is 2.41. The average molecular weight is 389 g/mol. The molecule has 5 heteroatoms. The van der Waals surface area contributed by atoms with Gasteiger partial charge in [0.2, 0.25) is 0 Å². The maximum atomic E-state index is 13.7. The Balaban J connectivity index is 2.29. The molecule has 2 rings (SSSR count). The number of benzene rings is 2. The lowest BCUT2D eigenvalue weighted by Gasteiger charge is -2.19. The first-order valence-electron chi connectivity index (χ1n) is 5.68. The molecule has 0 aliphatic heterocycles. The van der Waals surface area contributed by atoms with Crippen molar-refractivity contribution in [3.63, 3.8) is 0 Å². The highest BCUT2D eigenvalue weighted by atomic mass is 79.9. The van der Waals surface area contributed by atoms with Crippen LogP contribution in [0.25, 0.3) is 0 Å². The molecule has 100 valence electrons. The van der Waals surface area contributed by atoms with Crippen LogP contribution in [0.5, 0.6) is 5.75 Å². The molecule has 1 atom stereocenters. The van der Waals surface area contributed by atoms with Crippen molar-refractivity contribution in [1.82, 2.24) is 0 Å². The Morgan fingerprint density at radius 2 is 1.89 bits per heavy atom. The van der Waals surface area contributed by atoms with Crippen LogP contribution in [0.1, 0.15) is 11.7 Å². The van der Waals surface area contributed by atoms with Crippen molar-refractivity contribution in [2.45, 2.75) is 6.10 Å². The standard InChI is InChI=1S/C14H12Br2FNO/c15-9-5-6-12(17)13(7-9)19-14(8-18)10-3-1-2-4-11(10)16/h1-7,14H,8,18H2. The Morgan fingerprint density at radius 3 is 2.58 bits per heavy atom. The van der Waals surface area contributed by atoms with Crippen LogP contribution in [-0.2, 0) is 0 Å². The second kappa shape index (κ2) is 6.50. The zero-order valence-corrected chi connectivity index (χ0v) is 13.1. The highest BCUT2D eigenvalue weighted by molar-refractivity contribution is 9.10. The molecule has 0 aliphatic rings. The highest BCUT2D eigenvalue weighted by Crippen LogP contribution is 2.30. The van der Waals surface area contributed by atoms with E-state index >= 15 is 0 Å². The normalized spacial score (nSPS) is 12.2. The Hall–Kier alpha value is -0.910. The van der Waals surface area contributed by atoms with Crippen molar-refractivity contribution in [3.8, 4) is 5.75 Å². The minimum atomic E-state index is -0.409. The van der Waals surface area contributed by atoms with Gasteiger partial charge in [0.1, 0.15) is 6.10 Å². The van der Waals surface area contributed by atoms with E-state index < -0.39 is 11.9 Å². The van der Waals surface area contributed by atoms with Crippen LogP contribution in [0.3, 0.4) is 0 Å². The van der Waals surface area contributed by atoms with Gasteiger partial charge in [0.05, 0.1) is 0 Å². The van der Waals surface area contributed by atoms with E-state index in [4.69, 9.17) is 10.5 Å². The minimum absolute atomic E-state index is 0.181. The van der Waals surface area contributed by atoms with Crippen LogP contribution in [0.4, 0.5) is 4.39 Å². The fraction of sp³-hybridized carbons (Fsp3) is 0.143. The molecule has 0 aliphatic carbocycles. The van der Waals surface area contributed by atoms with Gasteiger partial charge in [0, 0.05) is 21.1 Å². The smallest absolute Gasteiger partial charge is 0.165 e. The SMILES string of the molecule is NCC(Oc1cc(Br)ccc1F)c1ccccc1Br. The molecular weight excluding hydrogens is 377 g/mol. The van der Waals surface area contributed by atoms with Crippen LogP contribution >= 0.6 is 31.9 Å². The summed E-state index contributed by atoms with van der Waals surface area (Å²) in [7, 11) is 0. The Labute approximate surface area is 128 Å². The molecule has 0 saturated carbocycles. The molecule has 0 fully saturated rings. The molecule has 0 bridgehead atoms. The van der Waals surface area contributed by atoms with E-state index in [1.165, 1.54) is 6.07 Å². The van der Waals surface area contributed by atoms with Gasteiger partial charge in [-0.2, -0.15) is 0 Å². The van der Waals surface area contributed by atoms with E-state index in [0.29, 0.717) is 0 Å². The van der Waals surface area contributed by atoms with Gasteiger partial charge in [-0.1, -0.05) is 50.1 Å². The summed E-state index contributed by atoms with van der Waals surface area (Å²) in [6.07, 6.45) is -0.403. The fourth-order valence-electron chi connectivity index (χ4n) is 1.70. The lowest BCUT2D eigenvalue weighted by Crippen LogP contribution is -2.19. The van der Waals surface area contributed by atoms with Gasteiger partial charge in [0.15, 0.2) is 11.6 Å². The summed E-state index contributed by atoms with van der Waals surface area (Å²) in [5.74, 6) is -0.228. The quantitative estimate of drug-likeness (QED) is 0.840. The second-order valence-electron chi connectivity index (χ2n) is 3.94. The van der Waals surface area contributed by atoms with Gasteiger partial charge in [-0.3, -0.25) is 0 Å². The van der Waals surface area contributed by atoms with Gasteiger partial charge in [-0.05, 0) is 24.3 Å². The van der Waals surface area contributed by atoms with E-state index in [2.05, 4.69) is 31.9 Å². The van der Waals surface area contributed by atoms with Crippen molar-refractivity contribution >= 4 is 31.9 Å². The number of ether oxygens (including phenoxy) is 1. The molecule has 19 heavy (non-hydrogen) atoms. The summed E-state index contributed by atoms with van der Waals surface area (Å²) >= 11 is 6.74. The van der Waals surface area contributed by atoms with Gasteiger partial charge >= 0.3 is 0 Å². The highest BCUT2D eigenvalue weighted by Gasteiger charge is 2.16. The monoisotopic (exact) mass is 387 g/mol. The van der Waals surface area contributed by atoms with Gasteiger partial charge in [-0.15, -0.1) is 0 Å². The zero-order chi connectivity index (χ0) is 13.8. The molecule has 2 aromatic carbocycles. The first-order valence-corrected chi connectivity index (χ1v) is 7.26. The van der Waals surface area contributed by atoms with Crippen LogP contribution in [0.15, 0.2) is 51.4 Å². The number of halogens is 3. The summed E-state index contributed by atoms with van der Waals surface area (Å²) in [5.41, 5.74) is 6.62. The number of hydrogen-bond acceptors (Lipinski definition) is 2. The number of nitrogens with two attached hydrogens (primary N) is 1. The molecule has 2 N–H and O–H groups in total. The van der Waals surface area contributed by atoms with Gasteiger partial charge < -0.3 is 10.5 Å². The summed E-state index contributed by atoms with van der Waals surface area (Å²) in [6.45, 7) is 0.258. The van der Waals surface area contributed by atoms with E-state index in [1.807, 2.05) is 24.3 Å². The zero-order valence-electron chi connectivity index (χ0n) is 9.95. The molecule has 0 heterocycles. The van der Waals surface area contributed by atoms with Crippen LogP contribution in [0, 0.1) is 5.82 Å². The molecule has 0 saturated heterocycles. The van der Waals surface area contributed by atoms with Crippen molar-refractivity contribution in [3.05, 3.63) is 62.8 Å². The third kappa shape index (κ3) is 3.55. The molecule has 0 aromatic heterocycles. The second-order valence-corrected chi connectivity index (χ2v) is 5.71. The molecule has 0 radical (unpaired) electrons. The summed E-state index contributed by atoms with van der Waals surface area (Å²) in [5, 5.41) is 0. The maximum Gasteiger partial charge on any atom is 0.165 e.